The lowest BCUT2D eigenvalue weighted by Gasteiger charge is -2.20. The SMILES string of the molecule is CC1C[C@@H]1NN(C)CC(O)CO. The number of nitrogens with zero attached hydrogens (tertiary/aromatic N) is 1. The second-order valence-corrected chi connectivity index (χ2v) is 3.67. The standard InChI is InChI=1S/C8H18N2O2/c1-6-3-8(6)9-10(2)4-7(12)5-11/h6-9,11-12H,3-5H2,1-2H3/t6?,7?,8-/m0/s1. The molecular formula is C8H18N2O2. The van der Waals surface area contributed by atoms with Gasteiger partial charge in [0.1, 0.15) is 0 Å². The fourth-order valence-corrected chi connectivity index (χ4v) is 1.21. The van der Waals surface area contributed by atoms with E-state index in [0.717, 1.165) is 5.92 Å². The number of rotatable bonds is 5. The van der Waals surface area contributed by atoms with Crippen LogP contribution < -0.4 is 5.43 Å². The minimum atomic E-state index is -0.642. The Morgan fingerprint density at radius 1 is 1.67 bits per heavy atom. The first kappa shape index (κ1) is 9.92. The smallest absolute Gasteiger partial charge is 0.0911 e. The summed E-state index contributed by atoms with van der Waals surface area (Å²) in [6, 6.07) is 0.570. The first-order valence-electron chi connectivity index (χ1n) is 4.39. The van der Waals surface area contributed by atoms with Crippen LogP contribution in [0.3, 0.4) is 0 Å². The van der Waals surface area contributed by atoms with Gasteiger partial charge in [-0.2, -0.15) is 0 Å². The molecule has 0 aromatic carbocycles. The summed E-state index contributed by atoms with van der Waals surface area (Å²) in [5, 5.41) is 19.5. The van der Waals surface area contributed by atoms with Crippen LogP contribution in [0.4, 0.5) is 0 Å². The molecule has 12 heavy (non-hydrogen) atoms. The Hall–Kier alpha value is -0.160. The van der Waals surface area contributed by atoms with Gasteiger partial charge < -0.3 is 10.2 Å². The summed E-state index contributed by atoms with van der Waals surface area (Å²) in [5.41, 5.74) is 3.23. The van der Waals surface area contributed by atoms with Gasteiger partial charge in [0.15, 0.2) is 0 Å². The average Bonchev–Trinajstić information content (AvgIpc) is 2.66. The lowest BCUT2D eigenvalue weighted by atomic mass is 10.4. The Morgan fingerprint density at radius 3 is 2.67 bits per heavy atom. The number of hydrogen-bond donors (Lipinski definition) is 3. The molecule has 3 atom stereocenters. The van der Waals surface area contributed by atoms with Gasteiger partial charge in [0.25, 0.3) is 0 Å². The monoisotopic (exact) mass is 174 g/mol. The number of hydrogen-bond acceptors (Lipinski definition) is 4. The number of aliphatic hydroxyl groups is 2. The van der Waals surface area contributed by atoms with Gasteiger partial charge in [0.2, 0.25) is 0 Å². The third-order valence-corrected chi connectivity index (χ3v) is 2.19. The molecule has 0 spiro atoms. The summed E-state index contributed by atoms with van der Waals surface area (Å²) in [6.45, 7) is 2.49. The van der Waals surface area contributed by atoms with Crippen LogP contribution in [0.15, 0.2) is 0 Å². The molecule has 1 aliphatic rings. The molecule has 72 valence electrons. The first-order chi connectivity index (χ1) is 5.63. The van der Waals surface area contributed by atoms with E-state index in [9.17, 15) is 0 Å². The number of hydrazine groups is 1. The van der Waals surface area contributed by atoms with E-state index in [2.05, 4.69) is 12.3 Å². The molecule has 0 aliphatic heterocycles. The van der Waals surface area contributed by atoms with E-state index >= 15 is 0 Å². The largest absolute Gasteiger partial charge is 0.394 e. The molecule has 1 aliphatic carbocycles. The molecule has 1 saturated carbocycles. The topological polar surface area (TPSA) is 55.7 Å². The molecule has 0 aromatic heterocycles. The van der Waals surface area contributed by atoms with E-state index in [1.807, 2.05) is 12.1 Å². The van der Waals surface area contributed by atoms with E-state index in [0.29, 0.717) is 12.6 Å². The molecule has 1 fully saturated rings. The first-order valence-corrected chi connectivity index (χ1v) is 4.39. The molecule has 4 nitrogen and oxygen atoms in total. The molecule has 0 heterocycles. The van der Waals surface area contributed by atoms with Crippen LogP contribution in [0.1, 0.15) is 13.3 Å². The van der Waals surface area contributed by atoms with Crippen LogP contribution in [-0.4, -0.2) is 47.6 Å². The van der Waals surface area contributed by atoms with Crippen LogP contribution in [0.25, 0.3) is 0 Å². The molecule has 1 rings (SSSR count). The minimum absolute atomic E-state index is 0.174. The van der Waals surface area contributed by atoms with Crippen molar-refractivity contribution < 1.29 is 10.2 Å². The van der Waals surface area contributed by atoms with Crippen molar-refractivity contribution in [2.75, 3.05) is 20.2 Å². The third kappa shape index (κ3) is 3.06. The van der Waals surface area contributed by atoms with Crippen LogP contribution in [-0.2, 0) is 0 Å². The Bertz CT molecular complexity index is 137. The van der Waals surface area contributed by atoms with Crippen LogP contribution in [0.5, 0.6) is 0 Å². The van der Waals surface area contributed by atoms with Crippen molar-refractivity contribution in [3.63, 3.8) is 0 Å². The second kappa shape index (κ2) is 4.18. The lowest BCUT2D eigenvalue weighted by molar-refractivity contribution is 0.0502. The van der Waals surface area contributed by atoms with Gasteiger partial charge >= 0.3 is 0 Å². The van der Waals surface area contributed by atoms with Gasteiger partial charge in [-0.25, -0.2) is 5.01 Å². The number of aliphatic hydroxyl groups excluding tert-OH is 2. The van der Waals surface area contributed by atoms with Gasteiger partial charge in [-0.3, -0.25) is 5.43 Å². The summed E-state index contributed by atoms with van der Waals surface area (Å²) < 4.78 is 0. The molecule has 0 aromatic rings. The number of likely N-dealkylation sites (N-methyl/N-ethyl adjacent to an activating group) is 1. The summed E-state index contributed by atoms with van der Waals surface area (Å²) in [4.78, 5) is 0. The molecule has 4 heteroatoms. The molecule has 0 bridgehead atoms. The Kier molecular flexibility index (Phi) is 3.46. The van der Waals surface area contributed by atoms with Crippen molar-refractivity contribution in [2.24, 2.45) is 5.92 Å². The van der Waals surface area contributed by atoms with Crippen LogP contribution in [0.2, 0.25) is 0 Å². The maximum atomic E-state index is 9.10. The lowest BCUT2D eigenvalue weighted by Crippen LogP contribution is -2.42. The highest BCUT2D eigenvalue weighted by Gasteiger charge is 2.33. The van der Waals surface area contributed by atoms with Crippen molar-refractivity contribution in [1.29, 1.82) is 0 Å². The van der Waals surface area contributed by atoms with E-state index in [-0.39, 0.29) is 6.61 Å². The highest BCUT2D eigenvalue weighted by atomic mass is 16.3. The molecular weight excluding hydrogens is 156 g/mol. The predicted octanol–water partition coefficient (Wildman–Crippen LogP) is -0.816. The van der Waals surface area contributed by atoms with Crippen molar-refractivity contribution in [1.82, 2.24) is 10.4 Å². The average molecular weight is 174 g/mol. The summed E-state index contributed by atoms with van der Waals surface area (Å²) >= 11 is 0. The highest BCUT2D eigenvalue weighted by molar-refractivity contribution is 4.88. The van der Waals surface area contributed by atoms with Crippen molar-refractivity contribution in [3.05, 3.63) is 0 Å². The molecule has 0 radical (unpaired) electrons. The Morgan fingerprint density at radius 2 is 2.25 bits per heavy atom. The Labute approximate surface area is 73.2 Å². The van der Waals surface area contributed by atoms with Crippen LogP contribution >= 0.6 is 0 Å². The normalized spacial score (nSPS) is 30.8. The van der Waals surface area contributed by atoms with Crippen molar-refractivity contribution in [2.45, 2.75) is 25.5 Å². The second-order valence-electron chi connectivity index (χ2n) is 3.67. The predicted molar refractivity (Wildman–Crippen MR) is 46.4 cm³/mol. The van der Waals surface area contributed by atoms with E-state index in [1.165, 1.54) is 6.42 Å². The fraction of sp³-hybridized carbons (Fsp3) is 1.00. The maximum Gasteiger partial charge on any atom is 0.0911 e. The summed E-state index contributed by atoms with van der Waals surface area (Å²) in [5.74, 6) is 0.749. The fourth-order valence-electron chi connectivity index (χ4n) is 1.21. The Balaban J connectivity index is 2.07. The number of nitrogens with one attached hydrogen (secondary N) is 1. The zero-order valence-electron chi connectivity index (χ0n) is 7.70. The molecule has 3 N–H and O–H groups in total. The highest BCUT2D eigenvalue weighted by Crippen LogP contribution is 2.28. The summed E-state index contributed by atoms with van der Waals surface area (Å²) in [7, 11) is 1.88. The van der Waals surface area contributed by atoms with Gasteiger partial charge in [-0.15, -0.1) is 0 Å². The summed E-state index contributed by atoms with van der Waals surface area (Å²) in [6.07, 6.45) is 0.566. The van der Waals surface area contributed by atoms with E-state index < -0.39 is 6.10 Å². The maximum absolute atomic E-state index is 9.10. The van der Waals surface area contributed by atoms with Gasteiger partial charge in [0.05, 0.1) is 12.7 Å². The van der Waals surface area contributed by atoms with E-state index in [4.69, 9.17) is 10.2 Å². The molecule has 0 saturated heterocycles. The van der Waals surface area contributed by atoms with Gasteiger partial charge in [-0.05, 0) is 12.3 Å². The van der Waals surface area contributed by atoms with E-state index in [1.54, 1.807) is 0 Å². The molecule has 2 unspecified atom stereocenters. The van der Waals surface area contributed by atoms with Crippen molar-refractivity contribution >= 4 is 0 Å². The van der Waals surface area contributed by atoms with Gasteiger partial charge in [-0.1, -0.05) is 6.92 Å². The van der Waals surface area contributed by atoms with Crippen molar-refractivity contribution in [3.8, 4) is 0 Å². The minimum Gasteiger partial charge on any atom is -0.394 e. The third-order valence-electron chi connectivity index (χ3n) is 2.19. The zero-order valence-corrected chi connectivity index (χ0v) is 7.70. The zero-order chi connectivity index (χ0) is 9.14. The molecule has 0 amide bonds. The van der Waals surface area contributed by atoms with Crippen LogP contribution in [0, 0.1) is 5.92 Å². The quantitative estimate of drug-likeness (QED) is 0.477. The van der Waals surface area contributed by atoms with Gasteiger partial charge in [0, 0.05) is 19.6 Å².